The molecule has 24 heavy (non-hydrogen) atoms. The molecule has 0 bridgehead atoms. The van der Waals surface area contributed by atoms with Gasteiger partial charge in [0.05, 0.1) is 0 Å². The second-order valence-electron chi connectivity index (χ2n) is 7.13. The Balaban J connectivity index is 1.74. The van der Waals surface area contributed by atoms with E-state index in [0.717, 1.165) is 49.2 Å². The third-order valence-electron chi connectivity index (χ3n) is 4.53. The highest BCUT2D eigenvalue weighted by Gasteiger charge is 2.22. The van der Waals surface area contributed by atoms with Gasteiger partial charge in [0.1, 0.15) is 0 Å². The van der Waals surface area contributed by atoms with Gasteiger partial charge in [0, 0.05) is 42.9 Å². The molecule has 1 aromatic rings. The number of rotatable bonds is 6. The van der Waals surface area contributed by atoms with Crippen molar-refractivity contribution >= 4 is 23.3 Å². The Morgan fingerprint density at radius 1 is 1.17 bits per heavy atom. The summed E-state index contributed by atoms with van der Waals surface area (Å²) in [7, 11) is 0. The highest BCUT2D eigenvalue weighted by atomic mass is 35.5. The van der Waals surface area contributed by atoms with Crippen molar-refractivity contribution in [3.8, 4) is 0 Å². The lowest BCUT2D eigenvalue weighted by molar-refractivity contribution is 0.190. The maximum Gasteiger partial charge on any atom is 0.317 e. The standard InChI is InChI=1S/C19H30ClN3O/c1-15(2)6-4-7-16(3)21-19(24)23-12-10-22(11-13-23)18-9-5-8-17(20)14-18/h5,8-9,14-16H,4,6-7,10-13H2,1-3H3,(H,21,24)/t16-/m1/s1. The van der Waals surface area contributed by atoms with Crippen molar-refractivity contribution < 1.29 is 4.79 Å². The number of nitrogens with zero attached hydrogens (tertiary/aromatic N) is 2. The fourth-order valence-corrected chi connectivity index (χ4v) is 3.23. The SMILES string of the molecule is CC(C)CCC[C@@H](C)NC(=O)N1CCN(c2cccc(Cl)c2)CC1. The van der Waals surface area contributed by atoms with E-state index in [1.165, 1.54) is 12.8 Å². The monoisotopic (exact) mass is 351 g/mol. The first-order chi connectivity index (χ1) is 11.5. The fourth-order valence-electron chi connectivity index (χ4n) is 3.05. The summed E-state index contributed by atoms with van der Waals surface area (Å²) >= 11 is 6.06. The average molecular weight is 352 g/mol. The van der Waals surface area contributed by atoms with Crippen molar-refractivity contribution in [2.45, 2.75) is 46.1 Å². The maximum atomic E-state index is 12.4. The molecule has 1 N–H and O–H groups in total. The van der Waals surface area contributed by atoms with Crippen molar-refractivity contribution in [2.75, 3.05) is 31.1 Å². The molecule has 0 aliphatic carbocycles. The number of halogens is 1. The summed E-state index contributed by atoms with van der Waals surface area (Å²) in [4.78, 5) is 16.6. The molecule has 1 heterocycles. The number of anilines is 1. The molecule has 1 aliphatic rings. The van der Waals surface area contributed by atoms with Crippen LogP contribution in [0.25, 0.3) is 0 Å². The van der Waals surface area contributed by atoms with Crippen LogP contribution in [0.2, 0.25) is 5.02 Å². The van der Waals surface area contributed by atoms with Crippen molar-refractivity contribution in [1.82, 2.24) is 10.2 Å². The summed E-state index contributed by atoms with van der Waals surface area (Å²) < 4.78 is 0. The van der Waals surface area contributed by atoms with Gasteiger partial charge in [-0.15, -0.1) is 0 Å². The van der Waals surface area contributed by atoms with Gasteiger partial charge in [-0.25, -0.2) is 4.79 Å². The number of urea groups is 1. The van der Waals surface area contributed by atoms with E-state index in [9.17, 15) is 4.79 Å². The molecule has 2 rings (SSSR count). The van der Waals surface area contributed by atoms with Gasteiger partial charge in [0.2, 0.25) is 0 Å². The summed E-state index contributed by atoms with van der Waals surface area (Å²) in [5.41, 5.74) is 1.13. The van der Waals surface area contributed by atoms with Crippen LogP contribution < -0.4 is 10.2 Å². The van der Waals surface area contributed by atoms with Crippen LogP contribution in [0.1, 0.15) is 40.0 Å². The van der Waals surface area contributed by atoms with Crippen LogP contribution in [0.4, 0.5) is 10.5 Å². The van der Waals surface area contributed by atoms with Gasteiger partial charge in [-0.05, 0) is 37.5 Å². The first kappa shape index (κ1) is 18.9. The van der Waals surface area contributed by atoms with Crippen LogP contribution in [-0.2, 0) is 0 Å². The molecule has 0 unspecified atom stereocenters. The zero-order valence-electron chi connectivity index (χ0n) is 15.1. The Morgan fingerprint density at radius 2 is 1.88 bits per heavy atom. The van der Waals surface area contributed by atoms with Crippen LogP contribution in [0.5, 0.6) is 0 Å². The number of benzene rings is 1. The van der Waals surface area contributed by atoms with E-state index in [1.807, 2.05) is 23.1 Å². The second-order valence-corrected chi connectivity index (χ2v) is 7.57. The van der Waals surface area contributed by atoms with Crippen LogP contribution in [0, 0.1) is 5.92 Å². The van der Waals surface area contributed by atoms with E-state index >= 15 is 0 Å². The Labute approximate surface area is 151 Å². The summed E-state index contributed by atoms with van der Waals surface area (Å²) in [6.45, 7) is 9.75. The molecule has 1 aromatic carbocycles. The van der Waals surface area contributed by atoms with Crippen molar-refractivity contribution in [2.24, 2.45) is 5.92 Å². The fraction of sp³-hybridized carbons (Fsp3) is 0.632. The van der Waals surface area contributed by atoms with Crippen molar-refractivity contribution in [1.29, 1.82) is 0 Å². The number of hydrogen-bond donors (Lipinski definition) is 1. The van der Waals surface area contributed by atoms with Gasteiger partial charge in [-0.2, -0.15) is 0 Å². The first-order valence-corrected chi connectivity index (χ1v) is 9.39. The molecule has 2 amide bonds. The van der Waals surface area contributed by atoms with E-state index in [4.69, 9.17) is 11.6 Å². The molecule has 0 spiro atoms. The Kier molecular flexibility index (Phi) is 7.22. The zero-order valence-corrected chi connectivity index (χ0v) is 15.9. The van der Waals surface area contributed by atoms with Gasteiger partial charge in [-0.1, -0.05) is 44.4 Å². The summed E-state index contributed by atoms with van der Waals surface area (Å²) in [5.74, 6) is 0.729. The summed E-state index contributed by atoms with van der Waals surface area (Å²) in [5, 5.41) is 3.89. The van der Waals surface area contributed by atoms with E-state index in [2.05, 4.69) is 37.1 Å². The molecule has 0 aromatic heterocycles. The smallest absolute Gasteiger partial charge is 0.317 e. The predicted octanol–water partition coefficient (Wildman–Crippen LogP) is 4.39. The van der Waals surface area contributed by atoms with E-state index in [1.54, 1.807) is 0 Å². The number of hydrogen-bond acceptors (Lipinski definition) is 2. The lowest BCUT2D eigenvalue weighted by Gasteiger charge is -2.36. The van der Waals surface area contributed by atoms with E-state index < -0.39 is 0 Å². The lowest BCUT2D eigenvalue weighted by atomic mass is 10.0. The average Bonchev–Trinajstić information content (AvgIpc) is 2.54. The minimum atomic E-state index is 0.0674. The van der Waals surface area contributed by atoms with Gasteiger partial charge in [-0.3, -0.25) is 0 Å². The normalized spacial score (nSPS) is 16.4. The second kappa shape index (κ2) is 9.16. The molecule has 1 aliphatic heterocycles. The molecule has 134 valence electrons. The minimum Gasteiger partial charge on any atom is -0.368 e. The van der Waals surface area contributed by atoms with Crippen molar-refractivity contribution in [3.63, 3.8) is 0 Å². The maximum absolute atomic E-state index is 12.4. The molecule has 4 nitrogen and oxygen atoms in total. The van der Waals surface area contributed by atoms with E-state index in [0.29, 0.717) is 0 Å². The number of carbonyl (C=O) groups excluding carboxylic acids is 1. The summed E-state index contributed by atoms with van der Waals surface area (Å²) in [6, 6.07) is 8.21. The van der Waals surface area contributed by atoms with Gasteiger partial charge >= 0.3 is 6.03 Å². The molecule has 0 saturated carbocycles. The number of nitrogens with one attached hydrogen (secondary N) is 1. The summed E-state index contributed by atoms with van der Waals surface area (Å²) in [6.07, 6.45) is 3.44. The largest absolute Gasteiger partial charge is 0.368 e. The highest BCUT2D eigenvalue weighted by Crippen LogP contribution is 2.20. The van der Waals surface area contributed by atoms with Gasteiger partial charge in [0.25, 0.3) is 0 Å². The van der Waals surface area contributed by atoms with Gasteiger partial charge < -0.3 is 15.1 Å². The minimum absolute atomic E-state index is 0.0674. The quantitative estimate of drug-likeness (QED) is 0.825. The molecule has 5 heteroatoms. The van der Waals surface area contributed by atoms with Crippen LogP contribution >= 0.6 is 11.6 Å². The number of piperazine rings is 1. The Morgan fingerprint density at radius 3 is 2.50 bits per heavy atom. The molecular formula is C19H30ClN3O. The van der Waals surface area contributed by atoms with Crippen LogP contribution in [0.3, 0.4) is 0 Å². The Bertz CT molecular complexity index is 527. The molecule has 1 fully saturated rings. The van der Waals surface area contributed by atoms with Crippen molar-refractivity contribution in [3.05, 3.63) is 29.3 Å². The van der Waals surface area contributed by atoms with E-state index in [-0.39, 0.29) is 12.1 Å². The molecule has 1 saturated heterocycles. The molecule has 1 atom stereocenters. The third kappa shape index (κ3) is 5.90. The molecular weight excluding hydrogens is 322 g/mol. The number of amides is 2. The highest BCUT2D eigenvalue weighted by molar-refractivity contribution is 6.30. The number of carbonyl (C=O) groups is 1. The zero-order chi connectivity index (χ0) is 17.5. The van der Waals surface area contributed by atoms with Gasteiger partial charge in [0.15, 0.2) is 0 Å². The van der Waals surface area contributed by atoms with Crippen LogP contribution in [-0.4, -0.2) is 43.2 Å². The first-order valence-electron chi connectivity index (χ1n) is 9.01. The van der Waals surface area contributed by atoms with Crippen LogP contribution in [0.15, 0.2) is 24.3 Å². The lowest BCUT2D eigenvalue weighted by Crippen LogP contribution is -2.53. The topological polar surface area (TPSA) is 35.6 Å². The molecule has 0 radical (unpaired) electrons. The third-order valence-corrected chi connectivity index (χ3v) is 4.76. The Hall–Kier alpha value is -1.42. The predicted molar refractivity (Wildman–Crippen MR) is 102 cm³/mol.